The smallest absolute Gasteiger partial charge is 0.135 e. The Bertz CT molecular complexity index is 2790. The summed E-state index contributed by atoms with van der Waals surface area (Å²) in [6.45, 7) is 0. The molecule has 8 aromatic carbocycles. The summed E-state index contributed by atoms with van der Waals surface area (Å²) in [6, 6.07) is 59.2. The third kappa shape index (κ3) is 4.25. The van der Waals surface area contributed by atoms with Gasteiger partial charge in [-0.2, -0.15) is 0 Å². The minimum Gasteiger partial charge on any atom is -0.456 e. The Kier molecular flexibility index (Phi) is 5.78. The fourth-order valence-electron chi connectivity index (χ4n) is 7.13. The average Bonchev–Trinajstić information content (AvgIpc) is 3.69. The number of hydrogen-bond donors (Lipinski definition) is 0. The molecule has 0 spiro atoms. The molecule has 0 fully saturated rings. The molecule has 0 saturated heterocycles. The van der Waals surface area contributed by atoms with Gasteiger partial charge in [-0.25, -0.2) is 0 Å². The highest BCUT2D eigenvalue weighted by Gasteiger charge is 2.17. The number of rotatable bonds is 4. The van der Waals surface area contributed by atoms with Crippen LogP contribution in [0.15, 0.2) is 168 Å². The molecule has 220 valence electrons. The fraction of sp³-hybridized carbons (Fsp3) is 0. The van der Waals surface area contributed by atoms with E-state index in [1.807, 2.05) is 23.5 Å². The minimum atomic E-state index is 0.894. The molecule has 47 heavy (non-hydrogen) atoms. The summed E-state index contributed by atoms with van der Waals surface area (Å²) < 4.78 is 8.87. The SMILES string of the molecule is c1ccc(-c2ccc(N(c3ccc4ccc5cc6sc7ccccc7c6cc5c4c3)c3ccc4oc5ccccc5c4c3)cc2)cc1. The van der Waals surface area contributed by atoms with Crippen molar-refractivity contribution in [2.45, 2.75) is 0 Å². The van der Waals surface area contributed by atoms with Gasteiger partial charge in [-0.1, -0.05) is 97.1 Å². The van der Waals surface area contributed by atoms with Crippen molar-refractivity contribution in [3.8, 4) is 11.1 Å². The standard InChI is InChI=1S/C44H27NOS/c1-2-8-28(9-3-1)29-16-19-32(20-17-29)45(34-22-23-42-39(26-34)35-10-4-6-12-41(35)46-42)33-21-18-30-14-15-31-24-44-40(27-38(31)37(30)25-33)36-11-5-7-13-43(36)47-44/h1-27H. The van der Waals surface area contributed by atoms with Gasteiger partial charge in [0.25, 0.3) is 0 Å². The first-order chi connectivity index (χ1) is 23.3. The Morgan fingerprint density at radius 1 is 0.362 bits per heavy atom. The van der Waals surface area contributed by atoms with Gasteiger partial charge in [-0.3, -0.25) is 0 Å². The van der Waals surface area contributed by atoms with Crippen molar-refractivity contribution in [3.05, 3.63) is 164 Å². The summed E-state index contributed by atoms with van der Waals surface area (Å²) in [5.74, 6) is 0. The van der Waals surface area contributed by atoms with Crippen molar-refractivity contribution in [2.75, 3.05) is 4.90 Å². The van der Waals surface area contributed by atoms with Gasteiger partial charge >= 0.3 is 0 Å². The first kappa shape index (κ1) is 26.3. The predicted octanol–water partition coefficient (Wildman–Crippen LogP) is 13.4. The molecule has 0 aliphatic heterocycles. The highest BCUT2D eigenvalue weighted by Crippen LogP contribution is 2.42. The first-order valence-electron chi connectivity index (χ1n) is 15.9. The zero-order valence-corrected chi connectivity index (χ0v) is 26.2. The zero-order chi connectivity index (χ0) is 30.9. The first-order valence-corrected chi connectivity index (χ1v) is 16.7. The third-order valence-electron chi connectivity index (χ3n) is 9.43. The Hall–Kier alpha value is -5.90. The van der Waals surface area contributed by atoms with Gasteiger partial charge in [0.15, 0.2) is 0 Å². The van der Waals surface area contributed by atoms with Crippen LogP contribution in [0.1, 0.15) is 0 Å². The number of thiophene rings is 1. The molecular formula is C44H27NOS. The van der Waals surface area contributed by atoms with Gasteiger partial charge in [0.1, 0.15) is 11.2 Å². The largest absolute Gasteiger partial charge is 0.456 e. The Morgan fingerprint density at radius 2 is 0.979 bits per heavy atom. The van der Waals surface area contributed by atoms with Gasteiger partial charge in [0.2, 0.25) is 0 Å². The van der Waals surface area contributed by atoms with Crippen molar-refractivity contribution >= 4 is 92.1 Å². The van der Waals surface area contributed by atoms with Crippen molar-refractivity contribution in [1.29, 1.82) is 0 Å². The maximum atomic E-state index is 6.21. The molecule has 10 aromatic rings. The number of nitrogens with zero attached hydrogens (tertiary/aromatic N) is 1. The molecule has 0 bridgehead atoms. The molecule has 0 saturated carbocycles. The average molecular weight is 618 g/mol. The lowest BCUT2D eigenvalue weighted by Gasteiger charge is -2.26. The Morgan fingerprint density at radius 3 is 1.85 bits per heavy atom. The fourth-order valence-corrected chi connectivity index (χ4v) is 8.27. The van der Waals surface area contributed by atoms with Crippen LogP contribution in [0.5, 0.6) is 0 Å². The topological polar surface area (TPSA) is 16.4 Å². The Labute approximate surface area is 275 Å². The molecule has 0 radical (unpaired) electrons. The lowest BCUT2D eigenvalue weighted by atomic mass is 9.98. The summed E-state index contributed by atoms with van der Waals surface area (Å²) in [5, 5.41) is 9.90. The highest BCUT2D eigenvalue weighted by molar-refractivity contribution is 7.25. The molecule has 0 amide bonds. The van der Waals surface area contributed by atoms with Crippen LogP contribution < -0.4 is 4.90 Å². The molecule has 10 rings (SSSR count). The molecule has 2 aromatic heterocycles. The number of furan rings is 1. The van der Waals surface area contributed by atoms with E-state index in [0.717, 1.165) is 39.0 Å². The summed E-state index contributed by atoms with van der Waals surface area (Å²) in [7, 11) is 0. The second-order valence-electron chi connectivity index (χ2n) is 12.2. The molecule has 2 heterocycles. The van der Waals surface area contributed by atoms with Crippen molar-refractivity contribution in [3.63, 3.8) is 0 Å². The molecule has 0 N–H and O–H groups in total. The van der Waals surface area contributed by atoms with E-state index in [1.165, 1.54) is 52.8 Å². The number of para-hydroxylation sites is 1. The summed E-state index contributed by atoms with van der Waals surface area (Å²) >= 11 is 1.87. The van der Waals surface area contributed by atoms with E-state index in [4.69, 9.17) is 4.42 Å². The lowest BCUT2D eigenvalue weighted by Crippen LogP contribution is -2.09. The second kappa shape index (κ2) is 10.3. The van der Waals surface area contributed by atoms with Crippen molar-refractivity contribution < 1.29 is 4.42 Å². The number of benzene rings is 8. The summed E-state index contributed by atoms with van der Waals surface area (Å²) in [4.78, 5) is 2.37. The van der Waals surface area contributed by atoms with E-state index in [-0.39, 0.29) is 0 Å². The van der Waals surface area contributed by atoms with Crippen molar-refractivity contribution in [1.82, 2.24) is 0 Å². The van der Waals surface area contributed by atoms with E-state index in [0.29, 0.717) is 0 Å². The highest BCUT2D eigenvalue weighted by atomic mass is 32.1. The maximum absolute atomic E-state index is 6.21. The van der Waals surface area contributed by atoms with Crippen LogP contribution in [0.3, 0.4) is 0 Å². The number of hydrogen-bond acceptors (Lipinski definition) is 3. The van der Waals surface area contributed by atoms with Gasteiger partial charge in [-0.05, 0) is 99.4 Å². The van der Waals surface area contributed by atoms with E-state index in [1.54, 1.807) is 0 Å². The minimum absolute atomic E-state index is 0.894. The van der Waals surface area contributed by atoms with Crippen LogP contribution in [0.25, 0.3) is 74.8 Å². The zero-order valence-electron chi connectivity index (χ0n) is 25.4. The lowest BCUT2D eigenvalue weighted by molar-refractivity contribution is 0.669. The van der Waals surface area contributed by atoms with Gasteiger partial charge in [-0.15, -0.1) is 11.3 Å². The van der Waals surface area contributed by atoms with Gasteiger partial charge in [0.05, 0.1) is 0 Å². The van der Waals surface area contributed by atoms with E-state index in [9.17, 15) is 0 Å². The van der Waals surface area contributed by atoms with E-state index in [2.05, 4.69) is 157 Å². The van der Waals surface area contributed by atoms with Crippen LogP contribution in [0, 0.1) is 0 Å². The van der Waals surface area contributed by atoms with Gasteiger partial charge in [0, 0.05) is 48.0 Å². The molecule has 3 heteroatoms. The summed E-state index contributed by atoms with van der Waals surface area (Å²) in [5.41, 5.74) is 7.50. The number of anilines is 3. The van der Waals surface area contributed by atoms with Gasteiger partial charge < -0.3 is 9.32 Å². The van der Waals surface area contributed by atoms with Crippen LogP contribution in [-0.4, -0.2) is 0 Å². The second-order valence-corrected chi connectivity index (χ2v) is 13.2. The third-order valence-corrected chi connectivity index (χ3v) is 10.6. The predicted molar refractivity (Wildman–Crippen MR) is 202 cm³/mol. The maximum Gasteiger partial charge on any atom is 0.135 e. The monoisotopic (exact) mass is 617 g/mol. The number of fused-ring (bicyclic) bond motifs is 9. The van der Waals surface area contributed by atoms with Crippen LogP contribution in [0.4, 0.5) is 17.1 Å². The van der Waals surface area contributed by atoms with E-state index >= 15 is 0 Å². The quantitative estimate of drug-likeness (QED) is 0.183. The molecule has 0 aliphatic rings. The Balaban J connectivity index is 1.20. The van der Waals surface area contributed by atoms with Crippen LogP contribution in [0.2, 0.25) is 0 Å². The normalized spacial score (nSPS) is 11.8. The molecule has 0 unspecified atom stereocenters. The molecule has 0 atom stereocenters. The molecule has 0 aliphatic carbocycles. The summed E-state index contributed by atoms with van der Waals surface area (Å²) in [6.07, 6.45) is 0. The molecular weight excluding hydrogens is 591 g/mol. The van der Waals surface area contributed by atoms with Crippen LogP contribution >= 0.6 is 11.3 Å². The van der Waals surface area contributed by atoms with Crippen molar-refractivity contribution in [2.24, 2.45) is 0 Å². The molecule has 2 nitrogen and oxygen atoms in total. The van der Waals surface area contributed by atoms with Crippen LogP contribution in [-0.2, 0) is 0 Å². The van der Waals surface area contributed by atoms with E-state index < -0.39 is 0 Å².